The first kappa shape index (κ1) is 54.8. The third-order valence-electron chi connectivity index (χ3n) is 10.2. The van der Waals surface area contributed by atoms with Gasteiger partial charge in [-0.2, -0.15) is 0 Å². The van der Waals surface area contributed by atoms with Crippen molar-refractivity contribution in [2.24, 2.45) is 0 Å². The van der Waals surface area contributed by atoms with Crippen molar-refractivity contribution in [1.82, 2.24) is 0 Å². The molecule has 0 saturated heterocycles. The SMILES string of the molecule is CC/C=C\C/C=C\C/C=C\C/C=C\CCCCCCC(=O)O[C@H](COC(=O)CCCCCCCCCCCCCCC)COP(=O)(O)OC1C(O)C(O)C(O)[C@@H](O)C1O. The van der Waals surface area contributed by atoms with Gasteiger partial charge >= 0.3 is 19.8 Å². The van der Waals surface area contributed by atoms with Crippen molar-refractivity contribution in [3.8, 4) is 0 Å². The molecule has 0 heterocycles. The number of hydrogen-bond acceptors (Lipinski definition) is 12. The number of unbranched alkanes of at least 4 members (excludes halogenated alkanes) is 16. The zero-order chi connectivity index (χ0) is 43.6. The highest BCUT2D eigenvalue weighted by Gasteiger charge is 2.51. The van der Waals surface area contributed by atoms with E-state index < -0.39 is 75.7 Å². The van der Waals surface area contributed by atoms with Crippen molar-refractivity contribution in [1.29, 1.82) is 0 Å². The molecule has 8 atom stereocenters. The smallest absolute Gasteiger partial charge is 0.462 e. The van der Waals surface area contributed by atoms with Gasteiger partial charge < -0.3 is 39.9 Å². The molecule has 1 aliphatic rings. The highest BCUT2D eigenvalue weighted by atomic mass is 31.2. The van der Waals surface area contributed by atoms with Gasteiger partial charge in [-0.15, -0.1) is 0 Å². The average Bonchev–Trinajstić information content (AvgIpc) is 3.21. The van der Waals surface area contributed by atoms with E-state index in [1.807, 2.05) is 0 Å². The molecular weight excluding hydrogens is 779 g/mol. The second kappa shape index (κ2) is 35.4. The summed E-state index contributed by atoms with van der Waals surface area (Å²) in [7, 11) is -5.12. The molecule has 1 saturated carbocycles. The van der Waals surface area contributed by atoms with E-state index in [4.69, 9.17) is 18.5 Å². The summed E-state index contributed by atoms with van der Waals surface area (Å²) in [5.74, 6) is -1.13. The van der Waals surface area contributed by atoms with Crippen molar-refractivity contribution >= 4 is 19.8 Å². The number of allylic oxidation sites excluding steroid dienone is 8. The molecule has 0 aliphatic heterocycles. The molecule has 14 heteroatoms. The minimum atomic E-state index is -5.12. The Balaban J connectivity index is 2.50. The molecule has 1 aliphatic carbocycles. The van der Waals surface area contributed by atoms with Crippen LogP contribution in [0.1, 0.15) is 168 Å². The summed E-state index contributed by atoms with van der Waals surface area (Å²) in [6.45, 7) is 3.15. The highest BCUT2D eigenvalue weighted by Crippen LogP contribution is 2.47. The summed E-state index contributed by atoms with van der Waals surface area (Å²) >= 11 is 0. The number of ether oxygens (including phenoxy) is 2. The highest BCUT2D eigenvalue weighted by molar-refractivity contribution is 7.47. The van der Waals surface area contributed by atoms with Gasteiger partial charge in [0.25, 0.3) is 0 Å². The number of rotatable bonds is 36. The molecule has 0 aromatic carbocycles. The van der Waals surface area contributed by atoms with E-state index in [9.17, 15) is 44.6 Å². The molecule has 0 aromatic rings. The molecule has 0 amide bonds. The first-order chi connectivity index (χ1) is 28.4. The lowest BCUT2D eigenvalue weighted by Crippen LogP contribution is -2.64. The quantitative estimate of drug-likeness (QED) is 0.0152. The van der Waals surface area contributed by atoms with Crippen molar-refractivity contribution in [2.45, 2.75) is 211 Å². The van der Waals surface area contributed by atoms with Crippen LogP contribution in [0.25, 0.3) is 0 Å². The lowest BCUT2D eigenvalue weighted by Gasteiger charge is -2.41. The number of hydrogen-bond donors (Lipinski definition) is 6. The second-order valence-electron chi connectivity index (χ2n) is 15.5. The predicted molar refractivity (Wildman–Crippen MR) is 230 cm³/mol. The van der Waals surface area contributed by atoms with Crippen molar-refractivity contribution in [3.05, 3.63) is 48.6 Å². The first-order valence-corrected chi connectivity index (χ1v) is 23.9. The Kier molecular flexibility index (Phi) is 32.9. The third kappa shape index (κ3) is 28.1. The fourth-order valence-electron chi connectivity index (χ4n) is 6.57. The molecule has 6 N–H and O–H groups in total. The summed E-state index contributed by atoms with van der Waals surface area (Å²) in [6, 6.07) is 0. The Bertz CT molecular complexity index is 1220. The van der Waals surface area contributed by atoms with Crippen LogP contribution in [0.4, 0.5) is 0 Å². The number of aliphatic hydroxyl groups is 5. The lowest BCUT2D eigenvalue weighted by molar-refractivity contribution is -0.220. The fraction of sp³-hybridized carbons (Fsp3) is 0.778. The molecule has 1 fully saturated rings. The van der Waals surface area contributed by atoms with Gasteiger partial charge in [-0.1, -0.05) is 152 Å². The normalized spacial score (nSPS) is 22.8. The van der Waals surface area contributed by atoms with Gasteiger partial charge in [0, 0.05) is 12.8 Å². The maximum absolute atomic E-state index is 12.8. The van der Waals surface area contributed by atoms with Crippen LogP contribution in [0.15, 0.2) is 48.6 Å². The van der Waals surface area contributed by atoms with E-state index >= 15 is 0 Å². The molecule has 0 bridgehead atoms. The maximum Gasteiger partial charge on any atom is 0.472 e. The zero-order valence-corrected chi connectivity index (χ0v) is 36.9. The van der Waals surface area contributed by atoms with Crippen LogP contribution in [0, 0.1) is 0 Å². The topological polar surface area (TPSA) is 210 Å². The number of phosphoric ester groups is 1. The lowest BCUT2D eigenvalue weighted by atomic mass is 9.85. The monoisotopic (exact) mass is 859 g/mol. The Labute approximate surface area is 354 Å². The Morgan fingerprint density at radius 3 is 1.47 bits per heavy atom. The summed E-state index contributed by atoms with van der Waals surface area (Å²) in [6.07, 6.45) is 27.4. The maximum atomic E-state index is 12.8. The third-order valence-corrected chi connectivity index (χ3v) is 11.2. The van der Waals surface area contributed by atoms with Gasteiger partial charge in [-0.25, -0.2) is 4.57 Å². The molecule has 342 valence electrons. The first-order valence-electron chi connectivity index (χ1n) is 22.4. The van der Waals surface area contributed by atoms with Crippen LogP contribution in [-0.4, -0.2) is 98.3 Å². The second-order valence-corrected chi connectivity index (χ2v) is 16.9. The standard InChI is InChI=1S/C45H79O13P/c1-3-5-7-9-11-13-15-17-18-19-20-22-24-26-28-30-32-34-39(47)57-37(36-56-59(53,54)58-45-43(51)41(49)40(48)42(50)44(45)52)35-55-38(46)33-31-29-27-25-23-21-16-14-12-10-8-6-4-2/h5,7,11,13,17-18,20,22,37,40-45,48-52H,3-4,6,8-10,12,14-16,19,21,23-36H2,1-2H3,(H,53,54)/b7-5-,13-11-,18-17-,22-20-/t37-,40?,41-,42?,43?,44?,45?/m1/s1. The molecule has 1 rings (SSSR count). The number of aliphatic hydroxyl groups excluding tert-OH is 5. The Hall–Kier alpha value is -2.19. The van der Waals surface area contributed by atoms with Gasteiger partial charge in [0.1, 0.15) is 43.2 Å². The van der Waals surface area contributed by atoms with Crippen LogP contribution >= 0.6 is 7.82 Å². The van der Waals surface area contributed by atoms with E-state index in [1.165, 1.54) is 57.8 Å². The minimum Gasteiger partial charge on any atom is -0.462 e. The van der Waals surface area contributed by atoms with E-state index in [-0.39, 0.29) is 12.8 Å². The minimum absolute atomic E-state index is 0.0687. The van der Waals surface area contributed by atoms with E-state index in [2.05, 4.69) is 62.5 Å². The van der Waals surface area contributed by atoms with Gasteiger partial charge in [-0.05, 0) is 51.4 Å². The molecule has 59 heavy (non-hydrogen) atoms. The average molecular weight is 859 g/mol. The van der Waals surface area contributed by atoms with Crippen molar-refractivity contribution < 1.29 is 63.1 Å². The summed E-state index contributed by atoms with van der Waals surface area (Å²) in [4.78, 5) is 35.6. The summed E-state index contributed by atoms with van der Waals surface area (Å²) in [5, 5.41) is 50.1. The number of phosphoric acid groups is 1. The fourth-order valence-corrected chi connectivity index (χ4v) is 7.54. The van der Waals surface area contributed by atoms with Gasteiger partial charge in [0.2, 0.25) is 0 Å². The van der Waals surface area contributed by atoms with E-state index in [0.29, 0.717) is 12.8 Å². The van der Waals surface area contributed by atoms with Gasteiger partial charge in [-0.3, -0.25) is 18.6 Å². The molecule has 6 unspecified atom stereocenters. The number of esters is 2. The molecular formula is C45H79O13P. The predicted octanol–water partition coefficient (Wildman–Crippen LogP) is 8.39. The van der Waals surface area contributed by atoms with Crippen LogP contribution < -0.4 is 0 Å². The number of carbonyl (C=O) groups excluding carboxylic acids is 2. The van der Waals surface area contributed by atoms with Crippen molar-refractivity contribution in [2.75, 3.05) is 13.2 Å². The van der Waals surface area contributed by atoms with Gasteiger partial charge in [0.05, 0.1) is 6.61 Å². The molecule has 0 spiro atoms. The summed E-state index contributed by atoms with van der Waals surface area (Å²) < 4.78 is 33.5. The zero-order valence-electron chi connectivity index (χ0n) is 36.0. The Morgan fingerprint density at radius 2 is 0.966 bits per heavy atom. The van der Waals surface area contributed by atoms with Crippen molar-refractivity contribution in [3.63, 3.8) is 0 Å². The molecule has 13 nitrogen and oxygen atoms in total. The molecule has 0 radical (unpaired) electrons. The molecule has 0 aromatic heterocycles. The largest absolute Gasteiger partial charge is 0.472 e. The van der Waals surface area contributed by atoms with Gasteiger partial charge in [0.15, 0.2) is 6.10 Å². The van der Waals surface area contributed by atoms with E-state index in [1.54, 1.807) is 0 Å². The van der Waals surface area contributed by atoms with Crippen LogP contribution in [0.3, 0.4) is 0 Å². The number of carbonyl (C=O) groups is 2. The summed E-state index contributed by atoms with van der Waals surface area (Å²) in [5.41, 5.74) is 0. The van der Waals surface area contributed by atoms with Crippen LogP contribution in [0.2, 0.25) is 0 Å². The Morgan fingerprint density at radius 1 is 0.542 bits per heavy atom. The van der Waals surface area contributed by atoms with Crippen LogP contribution in [0.5, 0.6) is 0 Å². The van der Waals surface area contributed by atoms with Crippen LogP contribution in [-0.2, 0) is 32.7 Å². The van der Waals surface area contributed by atoms with E-state index in [0.717, 1.165) is 70.6 Å².